The van der Waals surface area contributed by atoms with Gasteiger partial charge in [0.25, 0.3) is 0 Å². The average Bonchev–Trinajstić information content (AvgIpc) is 3.63. The molecule has 10 heteroatoms. The number of hydrogen-bond acceptors (Lipinski definition) is 6. The summed E-state index contributed by atoms with van der Waals surface area (Å²) in [6.07, 6.45) is 2.78. The Hall–Kier alpha value is -4.01. The van der Waals surface area contributed by atoms with Crippen molar-refractivity contribution >= 4 is 29.2 Å². The van der Waals surface area contributed by atoms with Gasteiger partial charge >= 0.3 is 5.97 Å². The quantitative estimate of drug-likeness (QED) is 0.136. The van der Waals surface area contributed by atoms with E-state index in [1.54, 1.807) is 12.1 Å². The summed E-state index contributed by atoms with van der Waals surface area (Å²) in [5, 5.41) is 14.8. The molecule has 3 aromatic carbocycles. The number of hydrogen-bond donors (Lipinski definition) is 1. The van der Waals surface area contributed by atoms with Gasteiger partial charge in [-0.1, -0.05) is 85.6 Å². The minimum Gasteiger partial charge on any atom is -0.456 e. The molecule has 2 aromatic heterocycles. The first-order chi connectivity index (χ1) is 19.6. The van der Waals surface area contributed by atoms with Crippen LogP contribution >= 0.6 is 23.2 Å². The summed E-state index contributed by atoms with van der Waals surface area (Å²) in [6.45, 7) is 2.70. The second-order valence-electron chi connectivity index (χ2n) is 9.34. The van der Waals surface area contributed by atoms with E-state index in [1.807, 2.05) is 36.4 Å². The number of nitrogens with one attached hydrogen (secondary N) is 1. The number of aromatic nitrogens is 6. The topological polar surface area (TPSA) is 98.6 Å². The highest BCUT2D eigenvalue weighted by Gasteiger charge is 2.19. The van der Waals surface area contributed by atoms with Gasteiger partial charge in [-0.2, -0.15) is 5.21 Å². The molecule has 8 nitrogen and oxygen atoms in total. The second-order valence-corrected chi connectivity index (χ2v) is 9.97. The third kappa shape index (κ3) is 6.24. The molecule has 0 saturated carbocycles. The van der Waals surface area contributed by atoms with E-state index in [0.29, 0.717) is 34.7 Å². The molecular weight excluding hydrogens is 547 g/mol. The molecule has 0 aliphatic carbocycles. The van der Waals surface area contributed by atoms with Crippen LogP contribution in [0, 0.1) is 0 Å². The fourth-order valence-electron chi connectivity index (χ4n) is 4.48. The van der Waals surface area contributed by atoms with Gasteiger partial charge in [-0.25, -0.2) is 9.78 Å². The molecule has 0 amide bonds. The van der Waals surface area contributed by atoms with Crippen LogP contribution in [0.15, 0.2) is 72.8 Å². The van der Waals surface area contributed by atoms with E-state index in [1.165, 1.54) is 0 Å². The van der Waals surface area contributed by atoms with Crippen molar-refractivity contribution in [1.82, 2.24) is 30.2 Å². The Morgan fingerprint density at radius 3 is 2.38 bits per heavy atom. The third-order valence-corrected chi connectivity index (χ3v) is 7.27. The molecule has 40 heavy (non-hydrogen) atoms. The summed E-state index contributed by atoms with van der Waals surface area (Å²) >= 11 is 12.4. The van der Waals surface area contributed by atoms with E-state index in [4.69, 9.17) is 27.9 Å². The Kier molecular flexibility index (Phi) is 8.88. The largest absolute Gasteiger partial charge is 0.456 e. The van der Waals surface area contributed by atoms with Gasteiger partial charge < -0.3 is 9.30 Å². The van der Waals surface area contributed by atoms with Gasteiger partial charge in [-0.05, 0) is 46.0 Å². The molecule has 0 radical (unpaired) electrons. The van der Waals surface area contributed by atoms with Crippen LogP contribution in [0.5, 0.6) is 0 Å². The molecule has 5 aromatic rings. The predicted octanol–water partition coefficient (Wildman–Crippen LogP) is 6.87. The highest BCUT2D eigenvalue weighted by molar-refractivity contribution is 6.30. The number of esters is 1. The minimum atomic E-state index is -0.426. The van der Waals surface area contributed by atoms with Gasteiger partial charge in [-0.15, -0.1) is 21.8 Å². The molecule has 0 fully saturated rings. The van der Waals surface area contributed by atoms with E-state index in [9.17, 15) is 4.79 Å². The molecule has 0 atom stereocenters. The predicted molar refractivity (Wildman–Crippen MR) is 155 cm³/mol. The Balaban J connectivity index is 1.37. The zero-order valence-electron chi connectivity index (χ0n) is 22.0. The fraction of sp³-hybridized carbons (Fsp3) is 0.233. The number of nitrogens with zero attached hydrogens (tertiary/aromatic N) is 5. The van der Waals surface area contributed by atoms with Gasteiger partial charge in [0.05, 0.1) is 11.3 Å². The van der Waals surface area contributed by atoms with Crippen molar-refractivity contribution in [2.24, 2.45) is 0 Å². The zero-order chi connectivity index (χ0) is 27.9. The number of carbonyl (C=O) groups excluding carboxylic acids is 1. The van der Waals surface area contributed by atoms with E-state index in [0.717, 1.165) is 52.9 Å². The Bertz CT molecular complexity index is 1570. The maximum Gasteiger partial charge on any atom is 0.338 e. The number of halogens is 2. The maximum atomic E-state index is 12.7. The lowest BCUT2D eigenvalue weighted by atomic mass is 9.98. The minimum absolute atomic E-state index is 0.0181. The van der Waals surface area contributed by atoms with Gasteiger partial charge in [0.2, 0.25) is 5.82 Å². The molecular formula is C30H28Cl2N6O2. The van der Waals surface area contributed by atoms with Crippen molar-refractivity contribution in [1.29, 1.82) is 0 Å². The van der Waals surface area contributed by atoms with Crippen molar-refractivity contribution in [3.8, 4) is 22.5 Å². The van der Waals surface area contributed by atoms with Crippen molar-refractivity contribution in [3.05, 3.63) is 106 Å². The van der Waals surface area contributed by atoms with Gasteiger partial charge in [0, 0.05) is 24.4 Å². The number of aromatic amines is 1. The maximum absolute atomic E-state index is 12.7. The highest BCUT2D eigenvalue weighted by Crippen LogP contribution is 2.30. The molecule has 5 rings (SSSR count). The van der Waals surface area contributed by atoms with Crippen molar-refractivity contribution in [2.75, 3.05) is 0 Å². The molecule has 0 aliphatic heterocycles. The van der Waals surface area contributed by atoms with Crippen LogP contribution in [0.25, 0.3) is 22.5 Å². The molecule has 204 valence electrons. The summed E-state index contributed by atoms with van der Waals surface area (Å²) in [4.78, 5) is 17.3. The van der Waals surface area contributed by atoms with Gasteiger partial charge in [-0.3, -0.25) is 0 Å². The summed E-state index contributed by atoms with van der Waals surface area (Å²) in [6, 6.07) is 23.3. The number of carbonyl (C=O) groups is 1. The monoisotopic (exact) mass is 574 g/mol. The SMILES string of the molecule is CCCCc1nc(Cl)c(COC(=O)c2ccc(CCl)cc2)n1Cc1ccc(-c2ccccc2-c2nn[nH]n2)cc1. The number of rotatable bonds is 11. The number of H-pyrrole nitrogens is 1. The normalized spacial score (nSPS) is 11.1. The standard InChI is InChI=1S/C30H28Cl2N6O2/c1-2-3-8-27-33-28(32)26(19-40-30(39)23-15-9-20(17-31)10-16-23)38(27)18-21-11-13-22(14-12-21)24-6-4-5-7-25(24)29-34-36-37-35-29/h4-7,9-16H,2-3,8,17-19H2,1H3,(H,34,35,36,37). The van der Waals surface area contributed by atoms with Crippen LogP contribution in [-0.2, 0) is 30.2 Å². The summed E-state index contributed by atoms with van der Waals surface area (Å²) < 4.78 is 7.71. The number of benzene rings is 3. The number of ether oxygens (including phenoxy) is 1. The second kappa shape index (κ2) is 12.9. The molecule has 0 saturated heterocycles. The van der Waals surface area contributed by atoms with Crippen molar-refractivity contribution < 1.29 is 9.53 Å². The first-order valence-corrected chi connectivity index (χ1v) is 14.0. The lowest BCUT2D eigenvalue weighted by Crippen LogP contribution is -2.12. The smallest absolute Gasteiger partial charge is 0.338 e. The zero-order valence-corrected chi connectivity index (χ0v) is 23.5. The first-order valence-electron chi connectivity index (χ1n) is 13.0. The Labute approximate surface area is 242 Å². The van der Waals surface area contributed by atoms with E-state index >= 15 is 0 Å². The molecule has 2 heterocycles. The van der Waals surface area contributed by atoms with Crippen molar-refractivity contribution in [3.63, 3.8) is 0 Å². The third-order valence-electron chi connectivity index (χ3n) is 6.66. The lowest BCUT2D eigenvalue weighted by molar-refractivity contribution is 0.0464. The van der Waals surface area contributed by atoms with E-state index in [-0.39, 0.29) is 6.61 Å². The summed E-state index contributed by atoms with van der Waals surface area (Å²) in [5.74, 6) is 1.37. The number of imidazole rings is 1. The molecule has 0 bridgehead atoms. The first kappa shape index (κ1) is 27.6. The Morgan fingerprint density at radius 1 is 0.975 bits per heavy atom. The molecule has 1 N–H and O–H groups in total. The van der Waals surface area contributed by atoms with Crippen LogP contribution in [-0.4, -0.2) is 36.1 Å². The molecule has 0 aliphatic rings. The molecule has 0 spiro atoms. The van der Waals surface area contributed by atoms with Crippen LogP contribution in [0.1, 0.15) is 52.8 Å². The number of aryl methyl sites for hydroxylation is 1. The van der Waals surface area contributed by atoms with Crippen LogP contribution < -0.4 is 0 Å². The average molecular weight is 576 g/mol. The summed E-state index contributed by atoms with van der Waals surface area (Å²) in [7, 11) is 0. The van der Waals surface area contributed by atoms with Crippen molar-refractivity contribution in [2.45, 2.75) is 45.2 Å². The van der Waals surface area contributed by atoms with Crippen LogP contribution in [0.4, 0.5) is 0 Å². The number of unbranched alkanes of at least 4 members (excludes halogenated alkanes) is 1. The molecule has 0 unspecified atom stereocenters. The lowest BCUT2D eigenvalue weighted by Gasteiger charge is -2.14. The summed E-state index contributed by atoms with van der Waals surface area (Å²) in [5.41, 5.74) is 6.07. The van der Waals surface area contributed by atoms with Gasteiger partial charge in [0.15, 0.2) is 5.15 Å². The number of alkyl halides is 1. The highest BCUT2D eigenvalue weighted by atomic mass is 35.5. The van der Waals surface area contributed by atoms with Crippen LogP contribution in [0.2, 0.25) is 5.15 Å². The fourth-order valence-corrected chi connectivity index (χ4v) is 4.91. The van der Waals surface area contributed by atoms with Crippen LogP contribution in [0.3, 0.4) is 0 Å². The number of tetrazole rings is 1. The van der Waals surface area contributed by atoms with Gasteiger partial charge in [0.1, 0.15) is 12.4 Å². The van der Waals surface area contributed by atoms with E-state index in [2.05, 4.69) is 61.4 Å². The Morgan fingerprint density at radius 2 is 1.70 bits per heavy atom. The van der Waals surface area contributed by atoms with E-state index < -0.39 is 5.97 Å².